The van der Waals surface area contributed by atoms with Gasteiger partial charge in [0.25, 0.3) is 0 Å². The van der Waals surface area contributed by atoms with E-state index in [1.807, 2.05) is 0 Å². The fraction of sp³-hybridized carbons (Fsp3) is 0.486. The number of halogens is 3. The average molecular weight is 655 g/mol. The third-order valence-corrected chi connectivity index (χ3v) is 11.3. The molecule has 0 unspecified atom stereocenters. The molecule has 6 heterocycles. The number of aromatic nitrogens is 3. The van der Waals surface area contributed by atoms with Crippen LogP contribution in [0.25, 0.3) is 32.9 Å². The minimum atomic E-state index is -0.724. The summed E-state index contributed by atoms with van der Waals surface area (Å²) in [6.07, 6.45) is 11.6. The minimum absolute atomic E-state index is 0.0215. The number of phenols is 1. The van der Waals surface area contributed by atoms with E-state index < -0.39 is 17.8 Å². The summed E-state index contributed by atoms with van der Waals surface area (Å²) in [6, 6.07) is 6.49. The molecule has 0 radical (unpaired) electrons. The molecule has 9 rings (SSSR count). The number of pyridine rings is 1. The lowest BCUT2D eigenvalue weighted by Crippen LogP contribution is -2.58. The first kappa shape index (κ1) is 30.0. The van der Waals surface area contributed by atoms with Crippen molar-refractivity contribution in [2.24, 2.45) is 5.41 Å². The van der Waals surface area contributed by atoms with Crippen molar-refractivity contribution < 1.29 is 23.0 Å². The van der Waals surface area contributed by atoms with Crippen LogP contribution < -0.4 is 15.0 Å². The number of nitrogens with zero attached hydrogens (tertiary/aromatic N) is 5. The van der Waals surface area contributed by atoms with Crippen LogP contribution in [-0.4, -0.2) is 82.0 Å². The van der Waals surface area contributed by atoms with E-state index in [0.29, 0.717) is 59.6 Å². The summed E-state index contributed by atoms with van der Waals surface area (Å²) in [5, 5.41) is 15.8. The number of hydrogen-bond acceptors (Lipinski definition) is 8. The Balaban J connectivity index is 1.17. The number of benzene rings is 2. The minimum Gasteiger partial charge on any atom is -0.508 e. The molecule has 3 saturated heterocycles. The fourth-order valence-electron chi connectivity index (χ4n) is 8.64. The monoisotopic (exact) mass is 654 g/mol. The number of ether oxygens (including phenoxy) is 1. The smallest absolute Gasteiger partial charge is 0.319 e. The van der Waals surface area contributed by atoms with Crippen LogP contribution in [0.4, 0.5) is 19.0 Å². The van der Waals surface area contributed by atoms with E-state index in [1.54, 1.807) is 0 Å². The SMILES string of the molecule is C#Cc1c(F)ccc2cc(O)cc(-c3nc4c5c(nc(OCC6(CN7CCC(F)CC7)CC6)nc5c3F)N3C[C@H]5CC[C@H](N5)[C@H]3CC4)c12. The number of fused-ring (bicyclic) bond motifs is 6. The maximum absolute atomic E-state index is 17.1. The van der Waals surface area contributed by atoms with Crippen molar-refractivity contribution in [2.75, 3.05) is 37.7 Å². The molecule has 48 heavy (non-hydrogen) atoms. The number of aromatic hydroxyl groups is 1. The third-order valence-electron chi connectivity index (χ3n) is 11.3. The first-order valence-corrected chi connectivity index (χ1v) is 17.1. The predicted octanol–water partition coefficient (Wildman–Crippen LogP) is 5.66. The highest BCUT2D eigenvalue weighted by atomic mass is 19.1. The number of phenolic OH excluding ortho intramolecular Hbond substituents is 1. The van der Waals surface area contributed by atoms with Crippen molar-refractivity contribution in [3.8, 4) is 35.4 Å². The summed E-state index contributed by atoms with van der Waals surface area (Å²) in [5.41, 5.74) is 0.810. The summed E-state index contributed by atoms with van der Waals surface area (Å²) in [5.74, 6) is 1.63. The topological polar surface area (TPSA) is 86.6 Å². The molecule has 2 aromatic carbocycles. The van der Waals surface area contributed by atoms with Crippen molar-refractivity contribution in [1.82, 2.24) is 25.2 Å². The molecular formula is C37H37F3N6O2. The number of terminal acetylenes is 1. The number of nitrogens with one attached hydrogen (secondary N) is 1. The van der Waals surface area contributed by atoms with Crippen LogP contribution in [0.3, 0.4) is 0 Å². The number of alkyl halides is 1. The van der Waals surface area contributed by atoms with Crippen molar-refractivity contribution in [1.29, 1.82) is 0 Å². The van der Waals surface area contributed by atoms with Crippen LogP contribution in [0.5, 0.6) is 11.8 Å². The molecule has 8 nitrogen and oxygen atoms in total. The van der Waals surface area contributed by atoms with Gasteiger partial charge >= 0.3 is 6.01 Å². The van der Waals surface area contributed by atoms with E-state index in [-0.39, 0.29) is 51.6 Å². The molecule has 3 atom stereocenters. The number of aryl methyl sites for hydroxylation is 1. The van der Waals surface area contributed by atoms with Crippen molar-refractivity contribution in [2.45, 2.75) is 75.7 Å². The zero-order valence-electron chi connectivity index (χ0n) is 26.6. The number of likely N-dealkylation sites (tertiary alicyclic amines) is 1. The molecule has 1 saturated carbocycles. The third kappa shape index (κ3) is 4.95. The molecular weight excluding hydrogens is 617 g/mol. The number of piperazine rings is 1. The highest BCUT2D eigenvalue weighted by Gasteiger charge is 2.46. The Bertz CT molecular complexity index is 2000. The van der Waals surface area contributed by atoms with Gasteiger partial charge in [0.15, 0.2) is 5.82 Å². The van der Waals surface area contributed by atoms with Crippen LogP contribution >= 0.6 is 0 Å². The summed E-state index contributed by atoms with van der Waals surface area (Å²) in [6.45, 7) is 3.44. The van der Waals surface area contributed by atoms with Gasteiger partial charge < -0.3 is 25.0 Å². The first-order chi connectivity index (χ1) is 23.3. The largest absolute Gasteiger partial charge is 0.508 e. The molecule has 2 bridgehead atoms. The van der Waals surface area contributed by atoms with Crippen molar-refractivity contribution in [3.63, 3.8) is 0 Å². The number of anilines is 1. The van der Waals surface area contributed by atoms with Gasteiger partial charge in [0.2, 0.25) is 0 Å². The van der Waals surface area contributed by atoms with Gasteiger partial charge in [-0.25, -0.2) is 18.2 Å². The van der Waals surface area contributed by atoms with Gasteiger partial charge in [-0.15, -0.1) is 6.42 Å². The summed E-state index contributed by atoms with van der Waals surface area (Å²) >= 11 is 0. The molecule has 4 aliphatic heterocycles. The molecule has 0 spiro atoms. The van der Waals surface area contributed by atoms with Gasteiger partial charge in [0, 0.05) is 60.7 Å². The number of hydrogen-bond donors (Lipinski definition) is 2. The Kier molecular flexibility index (Phi) is 6.99. The summed E-state index contributed by atoms with van der Waals surface area (Å²) < 4.78 is 52.2. The lowest BCUT2D eigenvalue weighted by atomic mass is 9.95. The maximum Gasteiger partial charge on any atom is 0.319 e. The van der Waals surface area contributed by atoms with Gasteiger partial charge in [-0.3, -0.25) is 0 Å². The standard InChI is InChI=1S/C37H37F3N6O2/c1-2-24-26(39)5-3-20-15-23(47)16-25(30(20)24)33-32(40)34-31-28(42-33)7-8-29-27-6-4-22(41-27)17-46(29)35(31)44-36(43-34)48-19-37(11-12-37)18-45-13-9-21(38)10-14-45/h1,3,5,15-16,21-22,27,29,41,47H,4,6-14,17-19H2/t22-,27+,29-/m1/s1. The molecule has 2 aromatic heterocycles. The summed E-state index contributed by atoms with van der Waals surface area (Å²) in [7, 11) is 0. The average Bonchev–Trinajstić information content (AvgIpc) is 3.78. The maximum atomic E-state index is 17.1. The zero-order chi connectivity index (χ0) is 32.7. The molecule has 0 amide bonds. The van der Waals surface area contributed by atoms with Gasteiger partial charge in [-0.2, -0.15) is 9.97 Å². The number of piperidine rings is 1. The summed E-state index contributed by atoms with van der Waals surface area (Å²) in [4.78, 5) is 19.2. The molecule has 248 valence electrons. The van der Waals surface area contributed by atoms with Gasteiger partial charge in [-0.05, 0) is 75.0 Å². The van der Waals surface area contributed by atoms with Gasteiger partial charge in [-0.1, -0.05) is 12.0 Å². The quantitative estimate of drug-likeness (QED) is 0.258. The molecule has 2 N–H and O–H groups in total. The molecule has 4 fully saturated rings. The van der Waals surface area contributed by atoms with E-state index in [0.717, 1.165) is 58.3 Å². The van der Waals surface area contributed by atoms with Gasteiger partial charge in [0.1, 0.15) is 34.8 Å². The Hall–Kier alpha value is -4.14. The van der Waals surface area contributed by atoms with Crippen molar-refractivity contribution >= 4 is 27.5 Å². The predicted molar refractivity (Wildman–Crippen MR) is 177 cm³/mol. The van der Waals surface area contributed by atoms with E-state index in [2.05, 4.69) is 21.0 Å². The Labute approximate surface area is 276 Å². The number of rotatable bonds is 6. The van der Waals surface area contributed by atoms with E-state index in [4.69, 9.17) is 26.1 Å². The molecule has 4 aromatic rings. The second-order valence-electron chi connectivity index (χ2n) is 14.5. The Morgan fingerprint density at radius 3 is 2.67 bits per heavy atom. The van der Waals surface area contributed by atoms with E-state index in [1.165, 1.54) is 24.3 Å². The van der Waals surface area contributed by atoms with Crippen molar-refractivity contribution in [3.05, 3.63) is 47.2 Å². The molecule has 5 aliphatic rings. The highest BCUT2D eigenvalue weighted by Crippen LogP contribution is 2.48. The van der Waals surface area contributed by atoms with Crippen LogP contribution in [-0.2, 0) is 6.42 Å². The second kappa shape index (κ2) is 11.2. The van der Waals surface area contributed by atoms with E-state index >= 15 is 4.39 Å². The molecule has 1 aliphatic carbocycles. The lowest BCUT2D eigenvalue weighted by molar-refractivity contribution is 0.107. The normalized spacial score (nSPS) is 24.8. The molecule has 11 heteroatoms. The van der Waals surface area contributed by atoms with Crippen LogP contribution in [0.1, 0.15) is 56.2 Å². The van der Waals surface area contributed by atoms with Gasteiger partial charge in [0.05, 0.1) is 23.3 Å². The lowest BCUT2D eigenvalue weighted by Gasteiger charge is -2.41. The van der Waals surface area contributed by atoms with Crippen LogP contribution in [0.2, 0.25) is 0 Å². The first-order valence-electron chi connectivity index (χ1n) is 17.1. The Morgan fingerprint density at radius 2 is 1.88 bits per heavy atom. The highest BCUT2D eigenvalue weighted by molar-refractivity contribution is 6.03. The fourth-order valence-corrected chi connectivity index (χ4v) is 8.64. The van der Waals surface area contributed by atoms with E-state index in [9.17, 15) is 13.9 Å². The van der Waals surface area contributed by atoms with Crippen LogP contribution in [0, 0.1) is 29.4 Å². The Morgan fingerprint density at radius 1 is 1.04 bits per heavy atom. The second-order valence-corrected chi connectivity index (χ2v) is 14.5. The van der Waals surface area contributed by atoms with Crippen LogP contribution in [0.15, 0.2) is 24.3 Å². The zero-order valence-corrected chi connectivity index (χ0v) is 26.6.